The molecule has 2 rings (SSSR count). The third-order valence-corrected chi connectivity index (χ3v) is 2.95. The summed E-state index contributed by atoms with van der Waals surface area (Å²) in [7, 11) is 0. The van der Waals surface area contributed by atoms with Gasteiger partial charge in [-0.05, 0) is 43.4 Å². The molecular formula is C13H16O. The van der Waals surface area contributed by atoms with Gasteiger partial charge < -0.3 is 5.11 Å². The molecule has 1 heteroatoms. The lowest BCUT2D eigenvalue weighted by Crippen LogP contribution is -2.12. The molecule has 0 aromatic heterocycles. The Morgan fingerprint density at radius 1 is 1.21 bits per heavy atom. The maximum atomic E-state index is 9.74. The number of aliphatic hydroxyl groups is 1. The van der Waals surface area contributed by atoms with Gasteiger partial charge in [-0.1, -0.05) is 29.8 Å². The van der Waals surface area contributed by atoms with Crippen LogP contribution in [0, 0.1) is 0 Å². The third-order valence-electron chi connectivity index (χ3n) is 2.95. The summed E-state index contributed by atoms with van der Waals surface area (Å²) < 4.78 is 0. The van der Waals surface area contributed by atoms with Crippen LogP contribution in [-0.4, -0.2) is 11.2 Å². The second kappa shape index (κ2) is 3.58. The van der Waals surface area contributed by atoms with Crippen LogP contribution in [0.4, 0.5) is 0 Å². The molecule has 0 radical (unpaired) electrons. The molecule has 1 nitrogen and oxygen atoms in total. The van der Waals surface area contributed by atoms with Crippen molar-refractivity contribution in [1.82, 2.24) is 0 Å². The lowest BCUT2D eigenvalue weighted by atomic mass is 9.84. The molecule has 0 fully saturated rings. The molecular weight excluding hydrogens is 172 g/mol. The molecule has 0 saturated carbocycles. The average Bonchev–Trinajstić information content (AvgIpc) is 2.17. The summed E-state index contributed by atoms with van der Waals surface area (Å²) in [6, 6.07) is 8.38. The van der Waals surface area contributed by atoms with E-state index >= 15 is 0 Å². The van der Waals surface area contributed by atoms with Gasteiger partial charge in [0, 0.05) is 0 Å². The minimum Gasteiger partial charge on any atom is -0.389 e. The summed E-state index contributed by atoms with van der Waals surface area (Å²) in [6.45, 7) is 3.97. The second-order valence-electron chi connectivity index (χ2n) is 4.03. The van der Waals surface area contributed by atoms with Crippen LogP contribution in [0.25, 0.3) is 5.57 Å². The molecule has 0 saturated heterocycles. The van der Waals surface area contributed by atoms with Crippen LogP contribution < -0.4 is 0 Å². The maximum Gasteiger partial charge on any atom is 0.0767 e. The Hall–Kier alpha value is -1.08. The molecule has 1 aliphatic rings. The van der Waals surface area contributed by atoms with Gasteiger partial charge in [-0.15, -0.1) is 0 Å². The summed E-state index contributed by atoms with van der Waals surface area (Å²) in [5, 5.41) is 9.74. The van der Waals surface area contributed by atoms with E-state index in [1.807, 2.05) is 13.0 Å². The fourth-order valence-electron chi connectivity index (χ4n) is 2.27. The van der Waals surface area contributed by atoms with Crippen LogP contribution in [0.15, 0.2) is 29.8 Å². The van der Waals surface area contributed by atoms with Crippen molar-refractivity contribution in [3.05, 3.63) is 41.0 Å². The van der Waals surface area contributed by atoms with Crippen molar-refractivity contribution in [2.24, 2.45) is 0 Å². The van der Waals surface area contributed by atoms with Gasteiger partial charge >= 0.3 is 0 Å². The molecule has 0 aliphatic heterocycles. The fourth-order valence-corrected chi connectivity index (χ4v) is 2.27. The van der Waals surface area contributed by atoms with Crippen LogP contribution in [0.1, 0.15) is 31.4 Å². The first-order valence-corrected chi connectivity index (χ1v) is 5.16. The van der Waals surface area contributed by atoms with E-state index in [1.165, 1.54) is 16.7 Å². The highest BCUT2D eigenvalue weighted by atomic mass is 16.3. The SMILES string of the molecule is CC1=C(C(C)O)c2ccccc2CC1. The van der Waals surface area contributed by atoms with E-state index in [2.05, 4.69) is 25.1 Å². The normalized spacial score (nSPS) is 17.9. The van der Waals surface area contributed by atoms with Gasteiger partial charge in [0.15, 0.2) is 0 Å². The third kappa shape index (κ3) is 1.48. The topological polar surface area (TPSA) is 20.2 Å². The monoisotopic (exact) mass is 188 g/mol. The zero-order valence-corrected chi connectivity index (χ0v) is 8.75. The predicted octanol–water partition coefficient (Wildman–Crippen LogP) is 2.79. The quantitative estimate of drug-likeness (QED) is 0.718. The standard InChI is InChI=1S/C13H16O/c1-9-7-8-11-5-3-4-6-12(11)13(9)10(2)14/h3-6,10,14H,7-8H2,1-2H3. The lowest BCUT2D eigenvalue weighted by Gasteiger charge is -2.23. The molecule has 0 spiro atoms. The molecule has 14 heavy (non-hydrogen) atoms. The Balaban J connectivity index is 2.56. The van der Waals surface area contributed by atoms with Crippen molar-refractivity contribution in [2.45, 2.75) is 32.8 Å². The molecule has 0 heterocycles. The number of fused-ring (bicyclic) bond motifs is 1. The molecule has 1 aromatic carbocycles. The molecule has 0 bridgehead atoms. The molecule has 1 N–H and O–H groups in total. The first-order chi connectivity index (χ1) is 6.70. The average molecular weight is 188 g/mol. The number of aliphatic hydroxyl groups excluding tert-OH is 1. The van der Waals surface area contributed by atoms with Crippen molar-refractivity contribution in [2.75, 3.05) is 0 Å². The van der Waals surface area contributed by atoms with E-state index in [0.29, 0.717) is 0 Å². The first kappa shape index (κ1) is 9.47. The van der Waals surface area contributed by atoms with Crippen LogP contribution in [0.2, 0.25) is 0 Å². The van der Waals surface area contributed by atoms with E-state index in [1.54, 1.807) is 0 Å². The van der Waals surface area contributed by atoms with Gasteiger partial charge in [0.05, 0.1) is 6.10 Å². The van der Waals surface area contributed by atoms with Gasteiger partial charge in [-0.3, -0.25) is 0 Å². The van der Waals surface area contributed by atoms with Crippen LogP contribution in [0.5, 0.6) is 0 Å². The highest BCUT2D eigenvalue weighted by Crippen LogP contribution is 2.32. The molecule has 0 amide bonds. The fraction of sp³-hybridized carbons (Fsp3) is 0.385. The highest BCUT2D eigenvalue weighted by Gasteiger charge is 2.18. The van der Waals surface area contributed by atoms with Crippen LogP contribution in [-0.2, 0) is 6.42 Å². The molecule has 1 unspecified atom stereocenters. The highest BCUT2D eigenvalue weighted by molar-refractivity contribution is 5.75. The van der Waals surface area contributed by atoms with Crippen molar-refractivity contribution in [3.8, 4) is 0 Å². The van der Waals surface area contributed by atoms with Gasteiger partial charge in [-0.2, -0.15) is 0 Å². The van der Waals surface area contributed by atoms with E-state index in [0.717, 1.165) is 18.4 Å². The summed E-state index contributed by atoms with van der Waals surface area (Å²) in [4.78, 5) is 0. The predicted molar refractivity (Wildman–Crippen MR) is 59.0 cm³/mol. The van der Waals surface area contributed by atoms with Gasteiger partial charge in [0.1, 0.15) is 0 Å². The maximum absolute atomic E-state index is 9.74. The minimum absolute atomic E-state index is 0.351. The molecule has 1 aromatic rings. The number of benzene rings is 1. The van der Waals surface area contributed by atoms with Crippen LogP contribution >= 0.6 is 0 Å². The Bertz CT molecular complexity index is 375. The Kier molecular flexibility index (Phi) is 2.42. The van der Waals surface area contributed by atoms with Gasteiger partial charge in [0.2, 0.25) is 0 Å². The van der Waals surface area contributed by atoms with Crippen molar-refractivity contribution < 1.29 is 5.11 Å². The van der Waals surface area contributed by atoms with Crippen LogP contribution in [0.3, 0.4) is 0 Å². The number of hydrogen-bond acceptors (Lipinski definition) is 1. The van der Waals surface area contributed by atoms with Crippen molar-refractivity contribution >= 4 is 5.57 Å². The Morgan fingerprint density at radius 3 is 2.64 bits per heavy atom. The zero-order chi connectivity index (χ0) is 10.1. The number of allylic oxidation sites excluding steroid dienone is 1. The molecule has 1 aliphatic carbocycles. The number of aryl methyl sites for hydroxylation is 1. The Labute approximate surface area is 85.1 Å². The van der Waals surface area contributed by atoms with E-state index < -0.39 is 0 Å². The van der Waals surface area contributed by atoms with E-state index in [4.69, 9.17) is 0 Å². The van der Waals surface area contributed by atoms with Gasteiger partial charge in [0.25, 0.3) is 0 Å². The summed E-state index contributed by atoms with van der Waals surface area (Å²) >= 11 is 0. The van der Waals surface area contributed by atoms with Gasteiger partial charge in [-0.25, -0.2) is 0 Å². The zero-order valence-electron chi connectivity index (χ0n) is 8.75. The van der Waals surface area contributed by atoms with Crippen molar-refractivity contribution in [3.63, 3.8) is 0 Å². The largest absolute Gasteiger partial charge is 0.389 e. The Morgan fingerprint density at radius 2 is 1.93 bits per heavy atom. The second-order valence-corrected chi connectivity index (χ2v) is 4.03. The summed E-state index contributed by atoms with van der Waals surface area (Å²) in [5.41, 5.74) is 5.07. The van der Waals surface area contributed by atoms with Crippen molar-refractivity contribution in [1.29, 1.82) is 0 Å². The summed E-state index contributed by atoms with van der Waals surface area (Å²) in [5.74, 6) is 0. The summed E-state index contributed by atoms with van der Waals surface area (Å²) in [6.07, 6.45) is 1.84. The lowest BCUT2D eigenvalue weighted by molar-refractivity contribution is 0.252. The number of hydrogen-bond donors (Lipinski definition) is 1. The molecule has 74 valence electrons. The smallest absolute Gasteiger partial charge is 0.0767 e. The number of rotatable bonds is 1. The van der Waals surface area contributed by atoms with E-state index in [-0.39, 0.29) is 6.10 Å². The minimum atomic E-state index is -0.351. The first-order valence-electron chi connectivity index (χ1n) is 5.16. The van der Waals surface area contributed by atoms with E-state index in [9.17, 15) is 5.11 Å². The molecule has 1 atom stereocenters.